The van der Waals surface area contributed by atoms with E-state index in [1.807, 2.05) is 13.8 Å². The number of hydrogen-bond acceptors (Lipinski definition) is 3. The third-order valence-electron chi connectivity index (χ3n) is 2.80. The van der Waals surface area contributed by atoms with E-state index in [0.717, 1.165) is 24.2 Å². The van der Waals surface area contributed by atoms with E-state index in [9.17, 15) is 4.79 Å². The minimum Gasteiger partial charge on any atom is -0.496 e. The van der Waals surface area contributed by atoms with Crippen LogP contribution in [0.1, 0.15) is 42.6 Å². The Morgan fingerprint density at radius 3 is 2.61 bits per heavy atom. The average molecular weight is 271 g/mol. The van der Waals surface area contributed by atoms with Crippen molar-refractivity contribution in [1.29, 1.82) is 0 Å². The Kier molecular flexibility index (Phi) is 5.48. The van der Waals surface area contributed by atoms with Gasteiger partial charge in [0.1, 0.15) is 11.5 Å². The highest BCUT2D eigenvalue weighted by atomic mass is 35.5. The van der Waals surface area contributed by atoms with Gasteiger partial charge in [0.15, 0.2) is 0 Å². The van der Waals surface area contributed by atoms with E-state index in [1.54, 1.807) is 12.1 Å². The fourth-order valence-electron chi connectivity index (χ4n) is 1.90. The summed E-state index contributed by atoms with van der Waals surface area (Å²) in [5.74, 6) is 1.21. The van der Waals surface area contributed by atoms with E-state index >= 15 is 0 Å². The molecule has 0 saturated carbocycles. The van der Waals surface area contributed by atoms with Crippen LogP contribution in [0.5, 0.6) is 11.5 Å². The SMILES string of the molecule is CCCC(C)Oc1ccc(C(=O)Cl)c(OC)c1C. The molecule has 0 aliphatic carbocycles. The van der Waals surface area contributed by atoms with E-state index in [4.69, 9.17) is 21.1 Å². The van der Waals surface area contributed by atoms with Crippen molar-refractivity contribution in [2.24, 2.45) is 0 Å². The molecule has 1 aromatic carbocycles. The summed E-state index contributed by atoms with van der Waals surface area (Å²) >= 11 is 5.51. The van der Waals surface area contributed by atoms with Gasteiger partial charge in [-0.05, 0) is 44.0 Å². The van der Waals surface area contributed by atoms with Crippen molar-refractivity contribution in [2.45, 2.75) is 39.7 Å². The Morgan fingerprint density at radius 1 is 1.44 bits per heavy atom. The summed E-state index contributed by atoms with van der Waals surface area (Å²) in [7, 11) is 1.52. The lowest BCUT2D eigenvalue weighted by Gasteiger charge is -2.18. The largest absolute Gasteiger partial charge is 0.496 e. The fourth-order valence-corrected chi connectivity index (χ4v) is 2.05. The van der Waals surface area contributed by atoms with Crippen molar-refractivity contribution in [1.82, 2.24) is 0 Å². The van der Waals surface area contributed by atoms with Crippen LogP contribution in [-0.2, 0) is 0 Å². The molecule has 0 N–H and O–H groups in total. The summed E-state index contributed by atoms with van der Waals surface area (Å²) in [5, 5.41) is -0.525. The number of rotatable bonds is 6. The number of benzene rings is 1. The van der Waals surface area contributed by atoms with Crippen molar-refractivity contribution in [3.63, 3.8) is 0 Å². The first-order valence-electron chi connectivity index (χ1n) is 6.05. The zero-order chi connectivity index (χ0) is 13.7. The van der Waals surface area contributed by atoms with Gasteiger partial charge in [-0.25, -0.2) is 0 Å². The van der Waals surface area contributed by atoms with Crippen LogP contribution in [0.3, 0.4) is 0 Å². The molecule has 0 aromatic heterocycles. The normalized spacial score (nSPS) is 12.1. The molecule has 1 unspecified atom stereocenters. The fraction of sp³-hybridized carbons (Fsp3) is 0.500. The van der Waals surface area contributed by atoms with Crippen molar-refractivity contribution < 1.29 is 14.3 Å². The first kappa shape index (κ1) is 14.8. The highest BCUT2D eigenvalue weighted by molar-refractivity contribution is 6.68. The molecule has 18 heavy (non-hydrogen) atoms. The van der Waals surface area contributed by atoms with Crippen LogP contribution in [0.15, 0.2) is 12.1 Å². The number of methoxy groups -OCH3 is 1. The molecular weight excluding hydrogens is 252 g/mol. The van der Waals surface area contributed by atoms with Crippen molar-refractivity contribution in [3.8, 4) is 11.5 Å². The maximum absolute atomic E-state index is 11.3. The predicted molar refractivity (Wildman–Crippen MR) is 72.9 cm³/mol. The third kappa shape index (κ3) is 3.39. The molecule has 1 rings (SSSR count). The Balaban J connectivity index is 3.05. The quantitative estimate of drug-likeness (QED) is 0.734. The number of carbonyl (C=O) groups is 1. The second kappa shape index (κ2) is 6.64. The second-order valence-corrected chi connectivity index (χ2v) is 4.60. The van der Waals surface area contributed by atoms with Crippen LogP contribution in [0.2, 0.25) is 0 Å². The van der Waals surface area contributed by atoms with Crippen LogP contribution in [0.25, 0.3) is 0 Å². The van der Waals surface area contributed by atoms with Gasteiger partial charge in [0.25, 0.3) is 5.24 Å². The van der Waals surface area contributed by atoms with Gasteiger partial charge in [-0.15, -0.1) is 0 Å². The molecule has 1 aromatic rings. The van der Waals surface area contributed by atoms with Crippen LogP contribution in [0.4, 0.5) is 0 Å². The van der Waals surface area contributed by atoms with Gasteiger partial charge in [-0.1, -0.05) is 13.3 Å². The summed E-state index contributed by atoms with van der Waals surface area (Å²) in [6, 6.07) is 3.40. The van der Waals surface area contributed by atoms with Gasteiger partial charge in [0.2, 0.25) is 0 Å². The minimum atomic E-state index is -0.525. The third-order valence-corrected chi connectivity index (χ3v) is 3.00. The molecule has 0 aliphatic heterocycles. The van der Waals surface area contributed by atoms with Gasteiger partial charge >= 0.3 is 0 Å². The lowest BCUT2D eigenvalue weighted by molar-refractivity contribution is 0.107. The zero-order valence-electron chi connectivity index (χ0n) is 11.2. The molecule has 0 amide bonds. The molecular formula is C14H19ClO3. The van der Waals surface area contributed by atoms with Gasteiger partial charge in [-0.3, -0.25) is 4.79 Å². The Morgan fingerprint density at radius 2 is 2.11 bits per heavy atom. The van der Waals surface area contributed by atoms with E-state index in [1.165, 1.54) is 7.11 Å². The highest BCUT2D eigenvalue weighted by Gasteiger charge is 2.16. The Hall–Kier alpha value is -1.22. The molecule has 0 heterocycles. The molecule has 0 fully saturated rings. The number of ether oxygens (including phenoxy) is 2. The van der Waals surface area contributed by atoms with E-state index in [0.29, 0.717) is 11.3 Å². The average Bonchev–Trinajstić information content (AvgIpc) is 2.31. The maximum Gasteiger partial charge on any atom is 0.256 e. The molecule has 3 nitrogen and oxygen atoms in total. The molecule has 0 aliphatic rings. The maximum atomic E-state index is 11.3. The lowest BCUT2D eigenvalue weighted by atomic mass is 10.1. The van der Waals surface area contributed by atoms with Crippen LogP contribution < -0.4 is 9.47 Å². The van der Waals surface area contributed by atoms with Crippen molar-refractivity contribution in [2.75, 3.05) is 7.11 Å². The molecule has 0 radical (unpaired) electrons. The summed E-state index contributed by atoms with van der Waals surface area (Å²) in [4.78, 5) is 11.3. The molecule has 0 spiro atoms. The van der Waals surface area contributed by atoms with Gasteiger partial charge in [-0.2, -0.15) is 0 Å². The lowest BCUT2D eigenvalue weighted by Crippen LogP contribution is -2.12. The van der Waals surface area contributed by atoms with Gasteiger partial charge in [0.05, 0.1) is 18.8 Å². The Bertz CT molecular complexity index is 429. The summed E-state index contributed by atoms with van der Waals surface area (Å²) in [5.41, 5.74) is 1.17. The second-order valence-electron chi connectivity index (χ2n) is 4.26. The topological polar surface area (TPSA) is 35.5 Å². The van der Waals surface area contributed by atoms with Crippen LogP contribution in [-0.4, -0.2) is 18.5 Å². The first-order chi connectivity index (χ1) is 8.51. The van der Waals surface area contributed by atoms with E-state index < -0.39 is 5.24 Å². The van der Waals surface area contributed by atoms with E-state index in [-0.39, 0.29) is 6.10 Å². The number of hydrogen-bond donors (Lipinski definition) is 0. The standard InChI is InChI=1S/C14H19ClO3/c1-5-6-9(2)18-12-8-7-11(14(15)16)13(17-4)10(12)3/h7-9H,5-6H2,1-4H3. The first-order valence-corrected chi connectivity index (χ1v) is 6.43. The van der Waals surface area contributed by atoms with Crippen LogP contribution >= 0.6 is 11.6 Å². The highest BCUT2D eigenvalue weighted by Crippen LogP contribution is 2.33. The predicted octanol–water partition coefficient (Wildman–Crippen LogP) is 3.95. The summed E-state index contributed by atoms with van der Waals surface area (Å²) in [6.45, 7) is 5.99. The van der Waals surface area contributed by atoms with Crippen LogP contribution in [0, 0.1) is 6.92 Å². The van der Waals surface area contributed by atoms with E-state index in [2.05, 4.69) is 6.92 Å². The van der Waals surface area contributed by atoms with Crippen molar-refractivity contribution >= 4 is 16.8 Å². The minimum absolute atomic E-state index is 0.135. The molecule has 4 heteroatoms. The molecule has 0 bridgehead atoms. The summed E-state index contributed by atoms with van der Waals surface area (Å²) < 4.78 is 11.1. The van der Waals surface area contributed by atoms with Gasteiger partial charge in [0, 0.05) is 5.56 Å². The summed E-state index contributed by atoms with van der Waals surface area (Å²) in [6.07, 6.45) is 2.18. The smallest absolute Gasteiger partial charge is 0.256 e. The molecule has 0 saturated heterocycles. The number of halogens is 1. The van der Waals surface area contributed by atoms with Crippen molar-refractivity contribution in [3.05, 3.63) is 23.3 Å². The monoisotopic (exact) mass is 270 g/mol. The number of carbonyl (C=O) groups excluding carboxylic acids is 1. The molecule has 100 valence electrons. The Labute approximate surface area is 113 Å². The van der Waals surface area contributed by atoms with Gasteiger partial charge < -0.3 is 9.47 Å². The zero-order valence-corrected chi connectivity index (χ0v) is 12.0. The molecule has 1 atom stereocenters.